The van der Waals surface area contributed by atoms with Gasteiger partial charge in [-0.3, -0.25) is 23.4 Å². The van der Waals surface area contributed by atoms with Crippen molar-refractivity contribution in [2.45, 2.75) is 214 Å². The zero-order chi connectivity index (χ0) is 75.5. The van der Waals surface area contributed by atoms with Gasteiger partial charge in [0.1, 0.15) is 83.6 Å². The Morgan fingerprint density at radius 1 is 0.667 bits per heavy atom. The van der Waals surface area contributed by atoms with Gasteiger partial charge in [-0.15, -0.1) is 0 Å². The Bertz CT molecular complexity index is 4140. The van der Waals surface area contributed by atoms with Gasteiger partial charge in [0, 0.05) is 12.3 Å². The molecule has 2 aliphatic rings. The molecule has 2 saturated heterocycles. The van der Waals surface area contributed by atoms with Gasteiger partial charge in [0.15, 0.2) is 29.9 Å². The van der Waals surface area contributed by atoms with Crippen molar-refractivity contribution in [3.63, 3.8) is 0 Å². The van der Waals surface area contributed by atoms with Gasteiger partial charge >= 0.3 is 33.4 Å². The van der Waals surface area contributed by atoms with Crippen LogP contribution in [-0.4, -0.2) is 144 Å². The average Bonchev–Trinajstić information content (AvgIpc) is 1.58. The summed E-state index contributed by atoms with van der Waals surface area (Å²) in [6, 6.07) is 21.0. The molecule has 0 bridgehead atoms. The number of hydrogen-bond acceptors (Lipinski definition) is 26. The number of aromatic nitrogens is 6. The van der Waals surface area contributed by atoms with Gasteiger partial charge in [-0.05, 0) is 108 Å². The summed E-state index contributed by atoms with van der Waals surface area (Å²) < 4.78 is 93.3. The maximum atomic E-state index is 15.4. The van der Waals surface area contributed by atoms with E-state index in [0.29, 0.717) is 11.9 Å². The van der Waals surface area contributed by atoms with E-state index in [4.69, 9.17) is 63.1 Å². The molecule has 4 aromatic heterocycles. The van der Waals surface area contributed by atoms with E-state index in [1.54, 1.807) is 82.3 Å². The highest BCUT2D eigenvalue weighted by atomic mass is 31.2. The normalized spacial score (nSPS) is 23.3. The fraction of sp³-hybridized carbons (Fsp3) is 0.586. The van der Waals surface area contributed by atoms with E-state index in [2.05, 4.69) is 31.3 Å². The van der Waals surface area contributed by atoms with E-state index in [1.165, 1.54) is 47.4 Å². The van der Waals surface area contributed by atoms with Crippen molar-refractivity contribution in [2.75, 3.05) is 37.9 Å². The average molecular weight is 1460 g/mol. The fourth-order valence-electron chi connectivity index (χ4n) is 11.2. The molecule has 2 aliphatic heterocycles. The van der Waals surface area contributed by atoms with E-state index in [0.717, 1.165) is 11.1 Å². The fourth-order valence-corrected chi connectivity index (χ4v) is 14.2. The lowest BCUT2D eigenvalue weighted by Gasteiger charge is -2.32. The maximum absolute atomic E-state index is 15.4. The molecule has 3 unspecified atom stereocenters. The number of nitrogens with two attached hydrogens (primary N) is 2. The second kappa shape index (κ2) is 31.3. The molecule has 102 heavy (non-hydrogen) atoms. The molecule has 0 spiro atoms. The Kier molecular flexibility index (Phi) is 24.6. The number of rotatable bonds is 30. The molecule has 8 rings (SSSR count). The quantitative estimate of drug-likeness (QED) is 0.00956. The number of esters is 3. The number of anilines is 2. The first-order chi connectivity index (χ1) is 47.5. The number of benzene rings is 2. The van der Waals surface area contributed by atoms with Crippen LogP contribution in [0.4, 0.5) is 11.6 Å². The molecule has 6 heterocycles. The van der Waals surface area contributed by atoms with Crippen LogP contribution in [-0.2, 0) is 89.4 Å². The molecule has 9 N–H and O–H groups in total. The summed E-state index contributed by atoms with van der Waals surface area (Å²) >= 11 is 0. The Morgan fingerprint density at radius 3 is 1.63 bits per heavy atom. The van der Waals surface area contributed by atoms with Gasteiger partial charge in [-0.25, -0.2) is 28.1 Å². The first-order valence-corrected chi connectivity index (χ1v) is 36.9. The molecular weight excluding hydrogens is 1360 g/mol. The number of carbonyl (C=O) groups is 3. The van der Waals surface area contributed by atoms with Gasteiger partial charge in [-0.1, -0.05) is 128 Å². The highest BCUT2D eigenvalue weighted by molar-refractivity contribution is 7.52. The summed E-state index contributed by atoms with van der Waals surface area (Å²) in [5.41, 5.74) is 9.15. The lowest BCUT2D eigenvalue weighted by Crippen LogP contribution is -2.48. The number of aliphatic hydroxyl groups excluding tert-OH is 3. The van der Waals surface area contributed by atoms with Crippen LogP contribution < -0.4 is 30.7 Å². The van der Waals surface area contributed by atoms with Crippen LogP contribution in [0.15, 0.2) is 79.1 Å². The number of fused-ring (bicyclic) bond motifs is 2. The number of aliphatic hydroxyl groups is 3. The van der Waals surface area contributed by atoms with E-state index in [1.807, 2.05) is 82.2 Å². The Hall–Kier alpha value is -7.67. The smallest absolute Gasteiger partial charge is 0.459 e. The van der Waals surface area contributed by atoms with Crippen LogP contribution in [0.25, 0.3) is 11.0 Å². The number of nitrogen functional groups attached to an aromatic ring is 2. The number of hydrogen-bond donors (Lipinski definition) is 7. The minimum atomic E-state index is -4.78. The summed E-state index contributed by atoms with van der Waals surface area (Å²) in [6.07, 6.45) is -9.47. The van der Waals surface area contributed by atoms with Crippen LogP contribution in [0, 0.1) is 45.3 Å². The maximum Gasteiger partial charge on any atom is 0.459 e. The van der Waals surface area contributed by atoms with Crippen molar-refractivity contribution < 1.29 is 85.3 Å². The highest BCUT2D eigenvalue weighted by Gasteiger charge is 2.63. The third-order valence-corrected chi connectivity index (χ3v) is 20.8. The lowest BCUT2D eigenvalue weighted by molar-refractivity contribution is -0.206. The molecule has 0 radical (unpaired) electrons. The molecular formula is C70H98N12O18P2. The minimum absolute atomic E-state index is 0.0245. The predicted octanol–water partition coefficient (Wildman–Crippen LogP) is 8.96. The zero-order valence-corrected chi connectivity index (χ0v) is 62.7. The van der Waals surface area contributed by atoms with Crippen molar-refractivity contribution in [2.24, 2.45) is 22.7 Å². The van der Waals surface area contributed by atoms with Crippen molar-refractivity contribution >= 4 is 56.1 Å². The molecule has 0 saturated carbocycles. The van der Waals surface area contributed by atoms with Crippen LogP contribution in [0.1, 0.15) is 159 Å². The van der Waals surface area contributed by atoms with E-state index >= 15 is 4.57 Å². The summed E-state index contributed by atoms with van der Waals surface area (Å²) in [7, 11) is -9.35. The predicted molar refractivity (Wildman–Crippen MR) is 374 cm³/mol. The Balaban J connectivity index is 0.983. The molecule has 13 atom stereocenters. The number of nitriles is 2. The Labute approximate surface area is 594 Å². The van der Waals surface area contributed by atoms with E-state index in [9.17, 15) is 44.8 Å². The SMILES string of the molecule is CC(C)C(=O)O[C@H]1[C@@H](OC(O)C(C)C)[C@](C#N)(c2ccc3c(N)ncnn23)O[C@@H]1COP(=O)(N[C@@H](C)C(=O)OCCC(C)(C)Cc1nc(N)c2ccc([C@]3(C#N)O[C@H](COP(=O)(N[C@@H](C)C(=O)OCCC(C)(C)C)Oc4ccc(C(C)(C)C)cc4)[C@@H](O)[C@H]3O)n2n1)Oc1ccc(C(C)(C)C)cc1. The molecule has 6 aromatic rings. The van der Waals surface area contributed by atoms with Gasteiger partial charge < -0.3 is 64.3 Å². The van der Waals surface area contributed by atoms with Crippen molar-refractivity contribution in [3.05, 3.63) is 107 Å². The molecule has 32 heteroatoms. The van der Waals surface area contributed by atoms with Crippen LogP contribution in [0.5, 0.6) is 11.5 Å². The van der Waals surface area contributed by atoms with Crippen molar-refractivity contribution in [1.82, 2.24) is 39.4 Å². The Morgan fingerprint density at radius 2 is 1.15 bits per heavy atom. The first-order valence-electron chi connectivity index (χ1n) is 33.8. The molecule has 0 amide bonds. The van der Waals surface area contributed by atoms with Gasteiger partial charge in [0.2, 0.25) is 11.2 Å². The number of carbonyl (C=O) groups excluding carboxylic acids is 3. The van der Waals surface area contributed by atoms with Crippen molar-refractivity contribution in [1.29, 1.82) is 10.5 Å². The summed E-state index contributed by atoms with van der Waals surface area (Å²) in [5, 5.41) is 71.3. The lowest BCUT2D eigenvalue weighted by atomic mass is 9.86. The standard InChI is InChI=1S/C70H98N12O18P2/c1-40(2)61(85)95-56-51(98-70(38-72,58(56)96-62(86)41(3)4)53-29-26-48-59(73)75-39-76-81(48)53)36-94-102(90,100-47-24-20-45(21-25-47)67(13,14)15)80-43(6)64(88)92-33-31-68(16,17)34-54-77-60(74)49-27-28-52(82(49)78-54)69(37-71)57(84)55(83)50(97-69)35-93-101(89,79-42(5)63(87)91-32-30-65(7,8)9)99-46-22-18-44(19-23-46)66(10,11)12/h18-29,39-43,50-51,55-58,62,83-84,86H,30-36H2,1-17H3,(H,79,89)(H,80,90)(H2,73,75,76)(H2,74,77,78)/t42-,43-,50+,51+,55+,56+,57+,58+,62?,69-,70-,101?,102?/m0/s1. The highest BCUT2D eigenvalue weighted by Crippen LogP contribution is 2.51. The second-order valence-corrected chi connectivity index (χ2v) is 33.9. The topological polar surface area (TPSA) is 422 Å². The van der Waals surface area contributed by atoms with Crippen LogP contribution >= 0.6 is 15.5 Å². The number of nitrogens with one attached hydrogen (secondary N) is 2. The van der Waals surface area contributed by atoms with Gasteiger partial charge in [0.05, 0.1) is 43.7 Å². The third-order valence-electron chi connectivity index (χ3n) is 17.5. The monoisotopic (exact) mass is 1460 g/mol. The van der Waals surface area contributed by atoms with Gasteiger partial charge in [-0.2, -0.15) is 30.9 Å². The van der Waals surface area contributed by atoms with E-state index < -0.39 is 130 Å². The molecule has 30 nitrogen and oxygen atoms in total. The zero-order valence-electron chi connectivity index (χ0n) is 60.9. The third kappa shape index (κ3) is 18.6. The van der Waals surface area contributed by atoms with Gasteiger partial charge in [0.25, 0.3) is 0 Å². The summed E-state index contributed by atoms with van der Waals surface area (Å²) in [6.45, 7) is 29.5. The molecule has 2 fully saturated rings. The number of ether oxygens (including phenoxy) is 6. The van der Waals surface area contributed by atoms with Crippen LogP contribution in [0.2, 0.25) is 0 Å². The minimum Gasteiger partial charge on any atom is -0.465 e. The van der Waals surface area contributed by atoms with E-state index in [-0.39, 0.29) is 88.2 Å². The largest absolute Gasteiger partial charge is 0.465 e. The number of nitrogens with zero attached hydrogens (tertiary/aromatic N) is 8. The molecule has 2 aromatic carbocycles. The van der Waals surface area contributed by atoms with Crippen LogP contribution in [0.3, 0.4) is 0 Å². The first kappa shape index (κ1) is 80.0. The summed E-state index contributed by atoms with van der Waals surface area (Å²) in [4.78, 5) is 49.5. The molecule has 556 valence electrons. The second-order valence-electron chi connectivity index (χ2n) is 30.5. The molecule has 0 aliphatic carbocycles. The summed E-state index contributed by atoms with van der Waals surface area (Å²) in [5.74, 6) is -3.24. The van der Waals surface area contributed by atoms with Crippen molar-refractivity contribution in [3.8, 4) is 23.6 Å².